The van der Waals surface area contributed by atoms with E-state index in [0.717, 1.165) is 45.4 Å². The van der Waals surface area contributed by atoms with Gasteiger partial charge in [0, 0.05) is 51.7 Å². The molecule has 1 unspecified atom stereocenters. The number of carbonyl (C=O) groups is 2. The first-order chi connectivity index (χ1) is 12.9. The van der Waals surface area contributed by atoms with Gasteiger partial charge in [0.15, 0.2) is 0 Å². The van der Waals surface area contributed by atoms with Crippen molar-refractivity contribution >= 4 is 11.8 Å². The van der Waals surface area contributed by atoms with E-state index in [-0.39, 0.29) is 28.5 Å². The predicted octanol–water partition coefficient (Wildman–Crippen LogP) is 0.515. The van der Waals surface area contributed by atoms with Gasteiger partial charge in [0.25, 0.3) is 5.91 Å². The molecule has 2 amide bonds. The Morgan fingerprint density at radius 1 is 1.26 bits per heavy atom. The third kappa shape index (κ3) is 2.94. The summed E-state index contributed by atoms with van der Waals surface area (Å²) in [6, 6.07) is 0. The summed E-state index contributed by atoms with van der Waals surface area (Å²) < 4.78 is 1.55. The molecule has 1 N–H and O–H groups in total. The van der Waals surface area contributed by atoms with E-state index >= 15 is 0 Å². The first-order valence-electron chi connectivity index (χ1n) is 10.0. The lowest BCUT2D eigenvalue weighted by Gasteiger charge is -2.46. The molecule has 4 rings (SSSR count). The topological polar surface area (TPSA) is 83.4 Å². The van der Waals surface area contributed by atoms with Gasteiger partial charge in [-0.2, -0.15) is 0 Å². The maximum absolute atomic E-state index is 12.9. The van der Waals surface area contributed by atoms with E-state index in [4.69, 9.17) is 0 Å². The summed E-state index contributed by atoms with van der Waals surface area (Å²) in [6.07, 6.45) is 4.20. The number of likely N-dealkylation sites (tertiary alicyclic amines) is 2. The van der Waals surface area contributed by atoms with Gasteiger partial charge in [-0.15, -0.1) is 5.10 Å². The number of aryl methyl sites for hydroxylation is 1. The van der Waals surface area contributed by atoms with Crippen LogP contribution in [0.4, 0.5) is 0 Å². The smallest absolute Gasteiger partial charge is 0.293 e. The normalized spacial score (nSPS) is 27.9. The molecule has 3 aliphatic rings. The third-order valence-corrected chi connectivity index (χ3v) is 6.73. The molecule has 0 bridgehead atoms. The Kier molecular flexibility index (Phi) is 4.49. The van der Waals surface area contributed by atoms with Gasteiger partial charge in [0.2, 0.25) is 11.7 Å². The van der Waals surface area contributed by atoms with Crippen molar-refractivity contribution in [3.63, 3.8) is 0 Å². The van der Waals surface area contributed by atoms with Crippen LogP contribution in [0.1, 0.15) is 43.7 Å². The molecular weight excluding hydrogens is 344 g/mol. The van der Waals surface area contributed by atoms with E-state index in [2.05, 4.69) is 34.1 Å². The van der Waals surface area contributed by atoms with Crippen molar-refractivity contribution in [3.8, 4) is 0 Å². The fourth-order valence-corrected chi connectivity index (χ4v) is 5.51. The molecule has 0 aliphatic carbocycles. The Morgan fingerprint density at radius 3 is 2.56 bits per heavy atom. The van der Waals surface area contributed by atoms with Crippen molar-refractivity contribution in [2.75, 3.05) is 39.3 Å². The van der Waals surface area contributed by atoms with Crippen LogP contribution in [0.5, 0.6) is 0 Å². The van der Waals surface area contributed by atoms with Crippen LogP contribution in [0.3, 0.4) is 0 Å². The van der Waals surface area contributed by atoms with Gasteiger partial charge < -0.3 is 15.1 Å². The zero-order valence-corrected chi connectivity index (χ0v) is 16.6. The van der Waals surface area contributed by atoms with Crippen LogP contribution < -0.4 is 5.32 Å². The fraction of sp³-hybridized carbons (Fsp3) is 0.789. The van der Waals surface area contributed by atoms with Crippen LogP contribution in [0, 0.1) is 16.7 Å². The van der Waals surface area contributed by atoms with E-state index in [1.807, 2.05) is 4.90 Å². The molecule has 3 saturated heterocycles. The fourth-order valence-electron chi connectivity index (χ4n) is 5.51. The molecule has 3 fully saturated rings. The minimum absolute atomic E-state index is 0.0310. The lowest BCUT2D eigenvalue weighted by atomic mass is 9.60. The molecule has 8 heteroatoms. The summed E-state index contributed by atoms with van der Waals surface area (Å²) in [7, 11) is 1.76. The maximum Gasteiger partial charge on any atom is 0.293 e. The van der Waals surface area contributed by atoms with Gasteiger partial charge in [0.1, 0.15) is 6.33 Å². The van der Waals surface area contributed by atoms with Gasteiger partial charge in [-0.1, -0.05) is 13.8 Å². The minimum Gasteiger partial charge on any atom is -0.356 e. The minimum atomic E-state index is -0.291. The summed E-state index contributed by atoms with van der Waals surface area (Å²) in [5, 5.41) is 7.24. The van der Waals surface area contributed by atoms with E-state index in [1.165, 1.54) is 0 Å². The standard InChI is InChI=1S/C19H30N6O2/c1-14(2)10-24-11-18(19(12-24)4-7-20-17(19)27)5-8-25(9-6-18)16(26)15-21-13-23(3)22-15/h13-14H,4-12H2,1-3H3,(H,20,27). The molecule has 27 heavy (non-hydrogen) atoms. The van der Waals surface area contributed by atoms with Crippen molar-refractivity contribution in [3.05, 3.63) is 12.2 Å². The Hall–Kier alpha value is -1.96. The van der Waals surface area contributed by atoms with Gasteiger partial charge >= 0.3 is 0 Å². The highest BCUT2D eigenvalue weighted by Gasteiger charge is 2.63. The van der Waals surface area contributed by atoms with Crippen molar-refractivity contribution in [2.24, 2.45) is 23.8 Å². The van der Waals surface area contributed by atoms with Crippen molar-refractivity contribution in [1.29, 1.82) is 0 Å². The lowest BCUT2D eigenvalue weighted by Crippen LogP contribution is -2.53. The summed E-state index contributed by atoms with van der Waals surface area (Å²) in [4.78, 5) is 34.0. The summed E-state index contributed by atoms with van der Waals surface area (Å²) in [6.45, 7) is 9.41. The molecule has 1 atom stereocenters. The van der Waals surface area contributed by atoms with Crippen molar-refractivity contribution in [1.82, 2.24) is 29.9 Å². The number of hydrogen-bond acceptors (Lipinski definition) is 5. The summed E-state index contributed by atoms with van der Waals surface area (Å²) in [5.74, 6) is 0.959. The molecule has 1 aromatic rings. The zero-order chi connectivity index (χ0) is 19.2. The summed E-state index contributed by atoms with van der Waals surface area (Å²) >= 11 is 0. The van der Waals surface area contributed by atoms with Crippen LogP contribution in [0.15, 0.2) is 6.33 Å². The highest BCUT2D eigenvalue weighted by Crippen LogP contribution is 2.56. The summed E-state index contributed by atoms with van der Waals surface area (Å²) in [5.41, 5.74) is -0.322. The average molecular weight is 374 g/mol. The molecule has 2 spiro atoms. The molecular formula is C19H30N6O2. The van der Waals surface area contributed by atoms with Gasteiger partial charge in [0.05, 0.1) is 5.41 Å². The number of piperidine rings is 1. The monoisotopic (exact) mass is 374 g/mol. The Balaban J connectivity index is 1.52. The number of hydrogen-bond donors (Lipinski definition) is 1. The lowest BCUT2D eigenvalue weighted by molar-refractivity contribution is -0.133. The molecule has 0 saturated carbocycles. The molecule has 3 aliphatic heterocycles. The third-order valence-electron chi connectivity index (χ3n) is 6.73. The van der Waals surface area contributed by atoms with Crippen LogP contribution in [0.25, 0.3) is 0 Å². The number of fused-ring (bicyclic) bond motifs is 1. The molecule has 4 heterocycles. The number of nitrogens with one attached hydrogen (secondary N) is 1. The quantitative estimate of drug-likeness (QED) is 0.834. The Labute approximate surface area is 160 Å². The second-order valence-corrected chi connectivity index (χ2v) is 8.97. The van der Waals surface area contributed by atoms with Crippen molar-refractivity contribution in [2.45, 2.75) is 33.1 Å². The first-order valence-corrected chi connectivity index (χ1v) is 10.0. The van der Waals surface area contributed by atoms with Gasteiger partial charge in [-0.05, 0) is 25.2 Å². The molecule has 8 nitrogen and oxygen atoms in total. The van der Waals surface area contributed by atoms with E-state index in [0.29, 0.717) is 19.0 Å². The SMILES string of the molecule is CC(C)CN1CC2(CCN(C(=O)c3ncn(C)n3)CC2)C2(CCNC2=O)C1. The van der Waals surface area contributed by atoms with Crippen LogP contribution >= 0.6 is 0 Å². The van der Waals surface area contributed by atoms with E-state index < -0.39 is 0 Å². The second kappa shape index (κ2) is 6.58. The van der Waals surface area contributed by atoms with E-state index in [1.54, 1.807) is 18.1 Å². The average Bonchev–Trinajstić information content (AvgIpc) is 3.28. The number of amides is 2. The van der Waals surface area contributed by atoms with Crippen molar-refractivity contribution < 1.29 is 9.59 Å². The van der Waals surface area contributed by atoms with Gasteiger partial charge in [-0.3, -0.25) is 14.3 Å². The van der Waals surface area contributed by atoms with Crippen LogP contribution in [0.2, 0.25) is 0 Å². The van der Waals surface area contributed by atoms with Gasteiger partial charge in [-0.25, -0.2) is 4.98 Å². The number of rotatable bonds is 3. The zero-order valence-electron chi connectivity index (χ0n) is 16.6. The molecule has 0 aromatic carbocycles. The highest BCUT2D eigenvalue weighted by atomic mass is 16.2. The largest absolute Gasteiger partial charge is 0.356 e. The Morgan fingerprint density at radius 2 is 2.00 bits per heavy atom. The second-order valence-electron chi connectivity index (χ2n) is 8.97. The predicted molar refractivity (Wildman–Crippen MR) is 99.9 cm³/mol. The number of carbonyl (C=O) groups excluding carboxylic acids is 2. The van der Waals surface area contributed by atoms with Crippen LogP contribution in [-0.4, -0.2) is 75.6 Å². The van der Waals surface area contributed by atoms with E-state index in [9.17, 15) is 9.59 Å². The molecule has 1 aromatic heterocycles. The number of aromatic nitrogens is 3. The molecule has 148 valence electrons. The first kappa shape index (κ1) is 18.4. The maximum atomic E-state index is 12.9. The number of nitrogens with zero attached hydrogens (tertiary/aromatic N) is 5. The molecule has 0 radical (unpaired) electrons. The van der Waals surface area contributed by atoms with Crippen LogP contribution in [-0.2, 0) is 11.8 Å². The highest BCUT2D eigenvalue weighted by molar-refractivity contribution is 5.90. The Bertz CT molecular complexity index is 736.